The second-order valence-electron chi connectivity index (χ2n) is 5.63. The molecule has 3 aromatic rings. The highest BCUT2D eigenvalue weighted by molar-refractivity contribution is 5.77. The SMILES string of the molecule is C1=CC(Cn2nnc(-c3ccccc3)c2-c2ccccc2)C=C1. The molecule has 3 nitrogen and oxygen atoms in total. The van der Waals surface area contributed by atoms with Gasteiger partial charge in [-0.15, -0.1) is 5.10 Å². The highest BCUT2D eigenvalue weighted by atomic mass is 15.4. The van der Waals surface area contributed by atoms with Crippen LogP contribution in [0.15, 0.2) is 85.0 Å². The molecule has 0 saturated carbocycles. The van der Waals surface area contributed by atoms with Crippen molar-refractivity contribution in [1.29, 1.82) is 0 Å². The zero-order valence-electron chi connectivity index (χ0n) is 12.7. The summed E-state index contributed by atoms with van der Waals surface area (Å²) in [5.74, 6) is 0.378. The average molecular weight is 299 g/mol. The molecule has 2 aromatic carbocycles. The molecule has 0 unspecified atom stereocenters. The lowest BCUT2D eigenvalue weighted by atomic mass is 10.0. The van der Waals surface area contributed by atoms with E-state index in [0.29, 0.717) is 5.92 Å². The van der Waals surface area contributed by atoms with Crippen LogP contribution in [0, 0.1) is 5.92 Å². The van der Waals surface area contributed by atoms with E-state index in [9.17, 15) is 0 Å². The van der Waals surface area contributed by atoms with Gasteiger partial charge in [-0.1, -0.05) is 90.2 Å². The van der Waals surface area contributed by atoms with Crippen LogP contribution in [0.2, 0.25) is 0 Å². The number of benzene rings is 2. The summed E-state index contributed by atoms with van der Waals surface area (Å²) in [6.45, 7) is 0.803. The Labute approximate surface area is 135 Å². The maximum atomic E-state index is 4.47. The van der Waals surface area contributed by atoms with Crippen molar-refractivity contribution in [3.63, 3.8) is 0 Å². The molecule has 23 heavy (non-hydrogen) atoms. The van der Waals surface area contributed by atoms with Crippen LogP contribution < -0.4 is 0 Å². The standard InChI is InChI=1S/C20H17N3/c1-3-11-17(12-4-1)19-20(18-13-5-2-6-14-18)23(22-21-19)15-16-9-7-8-10-16/h1-14,16H,15H2. The van der Waals surface area contributed by atoms with E-state index >= 15 is 0 Å². The molecule has 0 N–H and O–H groups in total. The first-order chi connectivity index (χ1) is 11.4. The van der Waals surface area contributed by atoms with Crippen molar-refractivity contribution in [3.05, 3.63) is 85.0 Å². The lowest BCUT2D eigenvalue weighted by molar-refractivity contribution is 0.544. The van der Waals surface area contributed by atoms with Gasteiger partial charge in [0.15, 0.2) is 0 Å². The Hall–Kier alpha value is -2.94. The van der Waals surface area contributed by atoms with E-state index in [0.717, 1.165) is 29.1 Å². The summed E-state index contributed by atoms with van der Waals surface area (Å²) in [7, 11) is 0. The van der Waals surface area contributed by atoms with Crippen molar-refractivity contribution in [2.24, 2.45) is 5.92 Å². The zero-order chi connectivity index (χ0) is 15.5. The highest BCUT2D eigenvalue weighted by Gasteiger charge is 2.18. The van der Waals surface area contributed by atoms with Crippen LogP contribution in [0.4, 0.5) is 0 Å². The van der Waals surface area contributed by atoms with Gasteiger partial charge in [-0.3, -0.25) is 0 Å². The molecular weight excluding hydrogens is 282 g/mol. The fraction of sp³-hybridized carbons (Fsp3) is 0.100. The number of allylic oxidation sites excluding steroid dienone is 4. The fourth-order valence-corrected chi connectivity index (χ4v) is 2.91. The zero-order valence-corrected chi connectivity index (χ0v) is 12.7. The largest absolute Gasteiger partial charge is 0.243 e. The van der Waals surface area contributed by atoms with Crippen molar-refractivity contribution in [2.75, 3.05) is 0 Å². The van der Waals surface area contributed by atoms with Crippen molar-refractivity contribution in [1.82, 2.24) is 15.0 Å². The van der Waals surface area contributed by atoms with Gasteiger partial charge in [-0.25, -0.2) is 4.68 Å². The van der Waals surface area contributed by atoms with Crippen molar-refractivity contribution >= 4 is 0 Å². The number of hydrogen-bond acceptors (Lipinski definition) is 2. The molecule has 0 spiro atoms. The minimum Gasteiger partial charge on any atom is -0.243 e. The Morgan fingerprint density at radius 2 is 1.39 bits per heavy atom. The molecule has 4 rings (SSSR count). The summed E-state index contributed by atoms with van der Waals surface area (Å²) in [5.41, 5.74) is 4.24. The Balaban J connectivity index is 1.82. The molecule has 0 fully saturated rings. The minimum absolute atomic E-state index is 0.378. The van der Waals surface area contributed by atoms with Gasteiger partial charge in [0, 0.05) is 17.0 Å². The fourth-order valence-electron chi connectivity index (χ4n) is 2.91. The van der Waals surface area contributed by atoms with Crippen LogP contribution in [0.5, 0.6) is 0 Å². The molecule has 0 bridgehead atoms. The van der Waals surface area contributed by atoms with Gasteiger partial charge in [0.1, 0.15) is 5.69 Å². The van der Waals surface area contributed by atoms with Gasteiger partial charge in [0.25, 0.3) is 0 Å². The minimum atomic E-state index is 0.378. The molecule has 1 aliphatic carbocycles. The maximum Gasteiger partial charge on any atom is 0.121 e. The van der Waals surface area contributed by atoms with Gasteiger partial charge < -0.3 is 0 Å². The molecule has 1 heterocycles. The highest BCUT2D eigenvalue weighted by Crippen LogP contribution is 2.30. The van der Waals surface area contributed by atoms with Gasteiger partial charge in [-0.05, 0) is 0 Å². The van der Waals surface area contributed by atoms with Crippen LogP contribution in [0.25, 0.3) is 22.5 Å². The molecule has 0 radical (unpaired) electrons. The third-order valence-electron chi connectivity index (χ3n) is 4.04. The molecule has 0 saturated heterocycles. The normalized spacial score (nSPS) is 13.7. The van der Waals surface area contributed by atoms with Gasteiger partial charge in [0.05, 0.1) is 12.2 Å². The number of hydrogen-bond donors (Lipinski definition) is 0. The van der Waals surface area contributed by atoms with E-state index in [1.807, 2.05) is 28.9 Å². The molecule has 1 aromatic heterocycles. The second kappa shape index (κ2) is 6.05. The lowest BCUT2D eigenvalue weighted by Gasteiger charge is -2.11. The van der Waals surface area contributed by atoms with Crippen LogP contribution in [-0.4, -0.2) is 15.0 Å². The van der Waals surface area contributed by atoms with Crippen LogP contribution in [-0.2, 0) is 6.54 Å². The van der Waals surface area contributed by atoms with E-state index < -0.39 is 0 Å². The summed E-state index contributed by atoms with van der Waals surface area (Å²) in [6.07, 6.45) is 8.56. The molecule has 0 aliphatic heterocycles. The Morgan fingerprint density at radius 3 is 2.04 bits per heavy atom. The third-order valence-corrected chi connectivity index (χ3v) is 4.04. The molecule has 0 atom stereocenters. The predicted octanol–water partition coefficient (Wildman–Crippen LogP) is 4.35. The summed E-state index contributed by atoms with van der Waals surface area (Å²) in [5, 5.41) is 8.90. The quantitative estimate of drug-likeness (QED) is 0.717. The second-order valence-corrected chi connectivity index (χ2v) is 5.63. The van der Waals surface area contributed by atoms with E-state index in [1.165, 1.54) is 0 Å². The topological polar surface area (TPSA) is 30.7 Å². The molecule has 0 amide bonds. The molecule has 112 valence electrons. The van der Waals surface area contributed by atoms with E-state index in [-0.39, 0.29) is 0 Å². The van der Waals surface area contributed by atoms with E-state index in [4.69, 9.17) is 0 Å². The van der Waals surface area contributed by atoms with Gasteiger partial charge in [-0.2, -0.15) is 0 Å². The van der Waals surface area contributed by atoms with E-state index in [2.05, 4.69) is 71.0 Å². The average Bonchev–Trinajstić information content (AvgIpc) is 3.27. The van der Waals surface area contributed by atoms with Crippen molar-refractivity contribution in [3.8, 4) is 22.5 Å². The summed E-state index contributed by atoms with van der Waals surface area (Å²) < 4.78 is 2.02. The summed E-state index contributed by atoms with van der Waals surface area (Å²) >= 11 is 0. The van der Waals surface area contributed by atoms with Crippen LogP contribution in [0.1, 0.15) is 0 Å². The van der Waals surface area contributed by atoms with Gasteiger partial charge in [0.2, 0.25) is 0 Å². The van der Waals surface area contributed by atoms with E-state index in [1.54, 1.807) is 0 Å². The number of aromatic nitrogens is 3. The third kappa shape index (κ3) is 2.73. The van der Waals surface area contributed by atoms with Crippen LogP contribution >= 0.6 is 0 Å². The Kier molecular flexibility index (Phi) is 3.60. The van der Waals surface area contributed by atoms with Crippen molar-refractivity contribution in [2.45, 2.75) is 6.54 Å². The number of nitrogens with zero attached hydrogens (tertiary/aromatic N) is 3. The smallest absolute Gasteiger partial charge is 0.121 e. The summed E-state index contributed by atoms with van der Waals surface area (Å²) in [6, 6.07) is 20.6. The Morgan fingerprint density at radius 1 is 0.783 bits per heavy atom. The predicted molar refractivity (Wildman–Crippen MR) is 92.7 cm³/mol. The molecular formula is C20H17N3. The summed E-state index contributed by atoms with van der Waals surface area (Å²) in [4.78, 5) is 0. The van der Waals surface area contributed by atoms with Gasteiger partial charge >= 0.3 is 0 Å². The van der Waals surface area contributed by atoms with Crippen LogP contribution in [0.3, 0.4) is 0 Å². The molecule has 1 aliphatic rings. The first-order valence-corrected chi connectivity index (χ1v) is 7.81. The molecule has 3 heteroatoms. The Bertz CT molecular complexity index is 833. The first kappa shape index (κ1) is 13.7. The first-order valence-electron chi connectivity index (χ1n) is 7.81. The maximum absolute atomic E-state index is 4.47. The lowest BCUT2D eigenvalue weighted by Crippen LogP contribution is -2.09. The number of rotatable bonds is 4. The monoisotopic (exact) mass is 299 g/mol. The van der Waals surface area contributed by atoms with Crippen molar-refractivity contribution < 1.29 is 0 Å².